The Bertz CT molecular complexity index is 1060. The van der Waals surface area contributed by atoms with Crippen LogP contribution in [0, 0.1) is 0 Å². The highest BCUT2D eigenvalue weighted by Gasteiger charge is 2.25. The molecule has 4 rings (SSSR count). The number of benzene rings is 2. The van der Waals surface area contributed by atoms with Crippen LogP contribution in [0.2, 0.25) is 0 Å². The lowest BCUT2D eigenvalue weighted by molar-refractivity contribution is -0.143. The van der Waals surface area contributed by atoms with Gasteiger partial charge < -0.3 is 18.9 Å². The summed E-state index contributed by atoms with van der Waals surface area (Å²) in [4.78, 5) is 11.8. The van der Waals surface area contributed by atoms with Crippen molar-refractivity contribution in [3.63, 3.8) is 0 Å². The van der Waals surface area contributed by atoms with Gasteiger partial charge in [-0.05, 0) is 89.0 Å². The third-order valence-electron chi connectivity index (χ3n) is 5.87. The van der Waals surface area contributed by atoms with Crippen LogP contribution in [0.3, 0.4) is 0 Å². The Labute approximate surface area is 199 Å². The highest BCUT2D eigenvalue weighted by molar-refractivity contribution is 7.08. The quantitative estimate of drug-likeness (QED) is 0.247. The third-order valence-corrected chi connectivity index (χ3v) is 6.55. The normalized spacial score (nSPS) is 14.5. The second-order valence-electron chi connectivity index (χ2n) is 8.03. The number of carbonyl (C=O) groups is 1. The van der Waals surface area contributed by atoms with Crippen LogP contribution < -0.4 is 14.2 Å². The number of hydrogen-bond acceptors (Lipinski definition) is 6. The number of methoxy groups -OCH3 is 1. The lowest BCUT2D eigenvalue weighted by Gasteiger charge is -2.13. The number of thiophene rings is 1. The molecular weight excluding hydrogens is 436 g/mol. The van der Waals surface area contributed by atoms with Crippen molar-refractivity contribution in [2.45, 2.75) is 38.5 Å². The Kier molecular flexibility index (Phi) is 7.89. The van der Waals surface area contributed by atoms with E-state index >= 15 is 0 Å². The van der Waals surface area contributed by atoms with Crippen LogP contribution in [0.5, 0.6) is 17.2 Å². The van der Waals surface area contributed by atoms with Gasteiger partial charge in [-0.1, -0.05) is 12.1 Å². The molecule has 0 bridgehead atoms. The Hall–Kier alpha value is -2.99. The Morgan fingerprint density at radius 3 is 2.70 bits per heavy atom. The highest BCUT2D eigenvalue weighted by atomic mass is 32.1. The average molecular weight is 467 g/mol. The van der Waals surface area contributed by atoms with E-state index in [9.17, 15) is 4.79 Å². The van der Waals surface area contributed by atoms with Crippen molar-refractivity contribution < 1.29 is 23.7 Å². The molecule has 0 aliphatic heterocycles. The van der Waals surface area contributed by atoms with Gasteiger partial charge in [0.05, 0.1) is 33.4 Å². The molecule has 1 heterocycles. The molecule has 1 aromatic heterocycles. The van der Waals surface area contributed by atoms with E-state index in [1.54, 1.807) is 18.4 Å². The molecule has 6 heteroatoms. The molecule has 5 nitrogen and oxygen atoms in total. The van der Waals surface area contributed by atoms with Crippen LogP contribution in [0.25, 0.3) is 11.1 Å². The van der Waals surface area contributed by atoms with Gasteiger partial charge in [0.15, 0.2) is 11.5 Å². The average Bonchev–Trinajstić information content (AvgIpc) is 3.50. The maximum Gasteiger partial charge on any atom is 0.306 e. The van der Waals surface area contributed by atoms with Crippen molar-refractivity contribution in [2.24, 2.45) is 0 Å². The molecule has 0 N–H and O–H groups in total. The number of hydrogen-bond donors (Lipinski definition) is 0. The summed E-state index contributed by atoms with van der Waals surface area (Å²) in [6, 6.07) is 14.3. The second kappa shape index (κ2) is 11.2. The number of ether oxygens (including phenoxy) is 4. The smallest absolute Gasteiger partial charge is 0.306 e. The fourth-order valence-corrected chi connectivity index (χ4v) is 4.90. The standard InChI is InChI=1S/C27H30O5S/c1-3-30-27(28)17-21-6-5-20-15-23(8-9-24(20)21)31-12-4-13-32-25-10-7-19(16-26(25)29-2)22-11-14-33-18-22/h7-11,14-16,18,21H,3-6,12-13,17H2,1-2H3/t21-/m0/s1. The van der Waals surface area contributed by atoms with Crippen LogP contribution in [-0.4, -0.2) is 32.9 Å². The Morgan fingerprint density at radius 2 is 1.91 bits per heavy atom. The number of fused-ring (bicyclic) bond motifs is 1. The summed E-state index contributed by atoms with van der Waals surface area (Å²) >= 11 is 1.68. The minimum atomic E-state index is -0.117. The topological polar surface area (TPSA) is 54.0 Å². The molecule has 0 amide bonds. The van der Waals surface area contributed by atoms with Gasteiger partial charge in [0.2, 0.25) is 0 Å². The fraction of sp³-hybridized carbons (Fsp3) is 0.370. The summed E-state index contributed by atoms with van der Waals surface area (Å²) in [5, 5.41) is 4.18. The van der Waals surface area contributed by atoms with Gasteiger partial charge >= 0.3 is 5.97 Å². The van der Waals surface area contributed by atoms with E-state index in [1.165, 1.54) is 16.7 Å². The van der Waals surface area contributed by atoms with Crippen LogP contribution >= 0.6 is 11.3 Å². The molecule has 1 atom stereocenters. The van der Waals surface area contributed by atoms with Crippen molar-refractivity contribution in [2.75, 3.05) is 26.9 Å². The lowest BCUT2D eigenvalue weighted by atomic mass is 9.98. The first-order valence-corrected chi connectivity index (χ1v) is 12.4. The number of rotatable bonds is 11. The predicted molar refractivity (Wildman–Crippen MR) is 131 cm³/mol. The van der Waals surface area contributed by atoms with E-state index in [0.717, 1.165) is 42.1 Å². The first kappa shape index (κ1) is 23.2. The molecule has 0 saturated carbocycles. The van der Waals surface area contributed by atoms with Gasteiger partial charge in [0.25, 0.3) is 0 Å². The highest BCUT2D eigenvalue weighted by Crippen LogP contribution is 2.37. The summed E-state index contributed by atoms with van der Waals surface area (Å²) in [6.07, 6.45) is 3.17. The van der Waals surface area contributed by atoms with Gasteiger partial charge in [-0.3, -0.25) is 4.79 Å². The van der Waals surface area contributed by atoms with E-state index in [0.29, 0.717) is 26.2 Å². The molecule has 33 heavy (non-hydrogen) atoms. The lowest BCUT2D eigenvalue weighted by Crippen LogP contribution is -2.08. The molecule has 0 spiro atoms. The largest absolute Gasteiger partial charge is 0.493 e. The molecule has 1 aliphatic rings. The van der Waals surface area contributed by atoms with Crippen LogP contribution in [0.1, 0.15) is 43.2 Å². The third kappa shape index (κ3) is 5.88. The molecule has 0 unspecified atom stereocenters. The van der Waals surface area contributed by atoms with E-state index in [-0.39, 0.29) is 11.9 Å². The minimum absolute atomic E-state index is 0.117. The summed E-state index contributed by atoms with van der Waals surface area (Å²) in [6.45, 7) is 3.39. The van der Waals surface area contributed by atoms with Crippen LogP contribution in [-0.2, 0) is 16.0 Å². The fourth-order valence-electron chi connectivity index (χ4n) is 4.23. The van der Waals surface area contributed by atoms with Crippen molar-refractivity contribution >= 4 is 17.3 Å². The monoisotopic (exact) mass is 466 g/mol. The number of aryl methyl sites for hydroxylation is 1. The first-order valence-electron chi connectivity index (χ1n) is 11.4. The van der Waals surface area contributed by atoms with Crippen molar-refractivity contribution in [1.82, 2.24) is 0 Å². The van der Waals surface area contributed by atoms with E-state index in [2.05, 4.69) is 35.0 Å². The van der Waals surface area contributed by atoms with Gasteiger partial charge in [-0.25, -0.2) is 0 Å². The summed E-state index contributed by atoms with van der Waals surface area (Å²) in [5.41, 5.74) is 4.81. The van der Waals surface area contributed by atoms with Gasteiger partial charge in [-0.15, -0.1) is 0 Å². The number of esters is 1. The van der Waals surface area contributed by atoms with E-state index in [1.807, 2.05) is 25.1 Å². The zero-order valence-corrected chi connectivity index (χ0v) is 20.0. The zero-order valence-electron chi connectivity index (χ0n) is 19.2. The molecule has 1 aliphatic carbocycles. The molecule has 0 fully saturated rings. The molecule has 0 radical (unpaired) electrons. The maximum atomic E-state index is 11.8. The van der Waals surface area contributed by atoms with E-state index < -0.39 is 0 Å². The van der Waals surface area contributed by atoms with Crippen LogP contribution in [0.15, 0.2) is 53.2 Å². The maximum absolute atomic E-state index is 11.8. The van der Waals surface area contributed by atoms with Crippen molar-refractivity contribution in [1.29, 1.82) is 0 Å². The van der Waals surface area contributed by atoms with Gasteiger partial charge in [0.1, 0.15) is 5.75 Å². The first-order chi connectivity index (χ1) is 16.2. The summed E-state index contributed by atoms with van der Waals surface area (Å²) in [5.74, 6) is 2.47. The van der Waals surface area contributed by atoms with Gasteiger partial charge in [-0.2, -0.15) is 11.3 Å². The predicted octanol–water partition coefficient (Wildman–Crippen LogP) is 6.25. The molecule has 3 aromatic rings. The summed E-state index contributed by atoms with van der Waals surface area (Å²) < 4.78 is 22.5. The molecule has 0 saturated heterocycles. The molecular formula is C27H30O5S. The summed E-state index contributed by atoms with van der Waals surface area (Å²) in [7, 11) is 1.66. The van der Waals surface area contributed by atoms with Crippen molar-refractivity contribution in [3.8, 4) is 28.4 Å². The Balaban J connectivity index is 1.24. The van der Waals surface area contributed by atoms with E-state index in [4.69, 9.17) is 18.9 Å². The molecule has 174 valence electrons. The SMILES string of the molecule is CCOC(=O)C[C@@H]1CCc2cc(OCCCOc3ccc(-c4ccsc4)cc3OC)ccc21. The van der Waals surface area contributed by atoms with Crippen LogP contribution in [0.4, 0.5) is 0 Å². The number of carbonyl (C=O) groups excluding carboxylic acids is 1. The van der Waals surface area contributed by atoms with Crippen molar-refractivity contribution in [3.05, 3.63) is 64.4 Å². The zero-order chi connectivity index (χ0) is 23.0. The minimum Gasteiger partial charge on any atom is -0.493 e. The second-order valence-corrected chi connectivity index (χ2v) is 8.81. The van der Waals surface area contributed by atoms with Gasteiger partial charge in [0, 0.05) is 6.42 Å². The molecule has 2 aromatic carbocycles. The Morgan fingerprint density at radius 1 is 1.03 bits per heavy atom.